The zero-order valence-corrected chi connectivity index (χ0v) is 17.4. The molecule has 1 amide bonds. The van der Waals surface area contributed by atoms with E-state index in [9.17, 15) is 4.79 Å². The molecule has 5 nitrogen and oxygen atoms in total. The molecule has 2 heterocycles. The highest BCUT2D eigenvalue weighted by atomic mass is 32.2. The highest BCUT2D eigenvalue weighted by molar-refractivity contribution is 8.00. The number of carbonyl (C=O) groups excluding carboxylic acids is 1. The first-order chi connectivity index (χ1) is 13.7. The van der Waals surface area contributed by atoms with Crippen LogP contribution >= 0.6 is 11.8 Å². The topological polar surface area (TPSA) is 59.2 Å². The third kappa shape index (κ3) is 4.77. The Morgan fingerprint density at radius 1 is 1.21 bits per heavy atom. The Kier molecular flexibility index (Phi) is 6.35. The molecule has 1 unspecified atom stereocenters. The van der Waals surface area contributed by atoms with E-state index in [4.69, 9.17) is 4.52 Å². The average Bonchev–Trinajstić information content (AvgIpc) is 3.39. The lowest BCUT2D eigenvalue weighted by Gasteiger charge is -2.32. The number of aromatic nitrogens is 2. The lowest BCUT2D eigenvalue weighted by Crippen LogP contribution is -2.41. The Morgan fingerprint density at radius 3 is 2.86 bits per heavy atom. The standard InChI is InChI=1S/C22H29N3O2S/c1-16-7-2-5-11-19(16)22-23-20(27-24-22)13-17-8-6-12-25(14-17)21(26)15-28-18-9-3-4-10-18/h2,5,7,11,17-18H,3-4,6,8-10,12-15H2,1H3. The van der Waals surface area contributed by atoms with Crippen LogP contribution in [0.2, 0.25) is 0 Å². The molecule has 1 aliphatic heterocycles. The number of benzene rings is 1. The molecule has 1 aromatic carbocycles. The Balaban J connectivity index is 1.31. The molecule has 1 aliphatic carbocycles. The van der Waals surface area contributed by atoms with E-state index in [1.54, 1.807) is 0 Å². The summed E-state index contributed by atoms with van der Waals surface area (Å²) >= 11 is 1.86. The van der Waals surface area contributed by atoms with Gasteiger partial charge in [0.15, 0.2) is 0 Å². The lowest BCUT2D eigenvalue weighted by atomic mass is 9.95. The van der Waals surface area contributed by atoms with E-state index in [2.05, 4.69) is 28.0 Å². The molecule has 0 N–H and O–H groups in total. The number of hydrogen-bond acceptors (Lipinski definition) is 5. The van der Waals surface area contributed by atoms with Crippen molar-refractivity contribution in [1.29, 1.82) is 0 Å². The van der Waals surface area contributed by atoms with Crippen LogP contribution in [0.5, 0.6) is 0 Å². The van der Waals surface area contributed by atoms with E-state index in [1.807, 2.05) is 30.0 Å². The van der Waals surface area contributed by atoms with Gasteiger partial charge in [0.05, 0.1) is 5.75 Å². The molecular weight excluding hydrogens is 370 g/mol. The van der Waals surface area contributed by atoms with E-state index in [0.717, 1.165) is 43.5 Å². The number of carbonyl (C=O) groups is 1. The second-order valence-electron chi connectivity index (χ2n) is 8.10. The summed E-state index contributed by atoms with van der Waals surface area (Å²) in [4.78, 5) is 19.3. The lowest BCUT2D eigenvalue weighted by molar-refractivity contribution is -0.130. The number of hydrogen-bond donors (Lipinski definition) is 0. The van der Waals surface area contributed by atoms with Crippen LogP contribution in [-0.4, -0.2) is 45.0 Å². The summed E-state index contributed by atoms with van der Waals surface area (Å²) in [6, 6.07) is 8.08. The molecule has 2 aromatic rings. The molecule has 2 aliphatic rings. The van der Waals surface area contributed by atoms with E-state index in [0.29, 0.717) is 34.5 Å². The highest BCUT2D eigenvalue weighted by Crippen LogP contribution is 2.30. The molecule has 2 fully saturated rings. The number of thioether (sulfide) groups is 1. The van der Waals surface area contributed by atoms with Gasteiger partial charge in [-0.05, 0) is 44.1 Å². The summed E-state index contributed by atoms with van der Waals surface area (Å²) in [7, 11) is 0. The zero-order chi connectivity index (χ0) is 19.3. The van der Waals surface area contributed by atoms with E-state index in [1.165, 1.54) is 25.7 Å². The number of piperidine rings is 1. The van der Waals surface area contributed by atoms with Crippen molar-refractivity contribution in [2.45, 2.75) is 57.1 Å². The first-order valence-corrected chi connectivity index (χ1v) is 11.5. The average molecular weight is 400 g/mol. The fourth-order valence-electron chi connectivity index (χ4n) is 4.31. The SMILES string of the molecule is Cc1ccccc1-c1noc(CC2CCCN(C(=O)CSC3CCCC3)C2)n1. The summed E-state index contributed by atoms with van der Waals surface area (Å²) in [6.45, 7) is 3.75. The molecular formula is C22H29N3O2S. The molecule has 1 atom stereocenters. The molecule has 1 aromatic heterocycles. The van der Waals surface area contributed by atoms with Gasteiger partial charge in [0.25, 0.3) is 0 Å². The predicted octanol–water partition coefficient (Wildman–Crippen LogP) is 4.50. The third-order valence-electron chi connectivity index (χ3n) is 5.93. The summed E-state index contributed by atoms with van der Waals surface area (Å²) in [6.07, 6.45) is 8.13. The number of amides is 1. The van der Waals surface area contributed by atoms with Gasteiger partial charge in [-0.1, -0.05) is 42.3 Å². The van der Waals surface area contributed by atoms with Crippen molar-refractivity contribution < 1.29 is 9.32 Å². The Morgan fingerprint density at radius 2 is 2.04 bits per heavy atom. The van der Waals surface area contributed by atoms with Gasteiger partial charge in [0, 0.05) is 30.3 Å². The van der Waals surface area contributed by atoms with Gasteiger partial charge in [0.1, 0.15) is 0 Å². The molecule has 0 radical (unpaired) electrons. The molecule has 28 heavy (non-hydrogen) atoms. The third-order valence-corrected chi connectivity index (χ3v) is 7.29. The normalized spacial score (nSPS) is 20.6. The fourth-order valence-corrected chi connectivity index (χ4v) is 5.54. The Bertz CT molecular complexity index is 801. The number of likely N-dealkylation sites (tertiary alicyclic amines) is 1. The summed E-state index contributed by atoms with van der Waals surface area (Å²) < 4.78 is 5.52. The van der Waals surface area contributed by atoms with Gasteiger partial charge in [0.2, 0.25) is 17.6 Å². The van der Waals surface area contributed by atoms with Crippen molar-refractivity contribution in [3.05, 3.63) is 35.7 Å². The Hall–Kier alpha value is -1.82. The van der Waals surface area contributed by atoms with Crippen molar-refractivity contribution in [2.24, 2.45) is 5.92 Å². The van der Waals surface area contributed by atoms with Crippen LogP contribution in [0, 0.1) is 12.8 Å². The highest BCUT2D eigenvalue weighted by Gasteiger charge is 2.26. The molecule has 1 saturated carbocycles. The molecule has 0 spiro atoms. The van der Waals surface area contributed by atoms with Crippen molar-refractivity contribution >= 4 is 17.7 Å². The van der Waals surface area contributed by atoms with Gasteiger partial charge < -0.3 is 9.42 Å². The van der Waals surface area contributed by atoms with E-state index < -0.39 is 0 Å². The number of aryl methyl sites for hydroxylation is 1. The monoisotopic (exact) mass is 399 g/mol. The van der Waals surface area contributed by atoms with Gasteiger partial charge in [-0.3, -0.25) is 4.79 Å². The molecule has 6 heteroatoms. The first-order valence-electron chi connectivity index (χ1n) is 10.5. The van der Waals surface area contributed by atoms with Crippen molar-refractivity contribution in [3.63, 3.8) is 0 Å². The van der Waals surface area contributed by atoms with Crippen molar-refractivity contribution in [3.8, 4) is 11.4 Å². The van der Waals surface area contributed by atoms with Gasteiger partial charge in [-0.25, -0.2) is 0 Å². The van der Waals surface area contributed by atoms with Gasteiger partial charge in [-0.2, -0.15) is 4.98 Å². The number of rotatable bonds is 6. The van der Waals surface area contributed by atoms with Crippen LogP contribution in [0.4, 0.5) is 0 Å². The van der Waals surface area contributed by atoms with Crippen molar-refractivity contribution in [2.75, 3.05) is 18.8 Å². The fraction of sp³-hybridized carbons (Fsp3) is 0.591. The minimum atomic E-state index is 0.299. The van der Waals surface area contributed by atoms with Crippen LogP contribution in [0.3, 0.4) is 0 Å². The van der Waals surface area contributed by atoms with Crippen LogP contribution in [0.15, 0.2) is 28.8 Å². The summed E-state index contributed by atoms with van der Waals surface area (Å²) in [5, 5.41) is 4.87. The van der Waals surface area contributed by atoms with Gasteiger partial charge >= 0.3 is 0 Å². The smallest absolute Gasteiger partial charge is 0.232 e. The van der Waals surface area contributed by atoms with E-state index in [-0.39, 0.29) is 0 Å². The first kappa shape index (κ1) is 19.5. The molecule has 150 valence electrons. The van der Waals surface area contributed by atoms with Gasteiger partial charge in [-0.15, -0.1) is 11.8 Å². The quantitative estimate of drug-likeness (QED) is 0.716. The maximum absolute atomic E-state index is 12.6. The Labute approximate surface area is 171 Å². The number of nitrogens with zero attached hydrogens (tertiary/aromatic N) is 3. The molecule has 1 saturated heterocycles. The maximum atomic E-state index is 12.6. The largest absolute Gasteiger partial charge is 0.342 e. The van der Waals surface area contributed by atoms with Crippen LogP contribution in [0.25, 0.3) is 11.4 Å². The minimum absolute atomic E-state index is 0.299. The van der Waals surface area contributed by atoms with Crippen LogP contribution < -0.4 is 0 Å². The van der Waals surface area contributed by atoms with Crippen molar-refractivity contribution in [1.82, 2.24) is 15.0 Å². The summed E-state index contributed by atoms with van der Waals surface area (Å²) in [5.74, 6) is 2.67. The molecule has 0 bridgehead atoms. The van der Waals surface area contributed by atoms with E-state index >= 15 is 0 Å². The predicted molar refractivity (Wildman–Crippen MR) is 112 cm³/mol. The summed E-state index contributed by atoms with van der Waals surface area (Å²) in [5.41, 5.74) is 2.16. The maximum Gasteiger partial charge on any atom is 0.232 e. The van der Waals surface area contributed by atoms with Crippen LogP contribution in [0.1, 0.15) is 50.0 Å². The second kappa shape index (κ2) is 9.12. The molecule has 4 rings (SSSR count). The minimum Gasteiger partial charge on any atom is -0.342 e. The zero-order valence-electron chi connectivity index (χ0n) is 16.6. The van der Waals surface area contributed by atoms with Crippen LogP contribution in [-0.2, 0) is 11.2 Å². The second-order valence-corrected chi connectivity index (χ2v) is 9.38.